The molecule has 2 aliphatic carbocycles. The van der Waals surface area contributed by atoms with Crippen LogP contribution in [-0.2, 0) is 19.1 Å². The Morgan fingerprint density at radius 3 is 2.80 bits per heavy atom. The van der Waals surface area contributed by atoms with Crippen LogP contribution in [0.5, 0.6) is 0 Å². The van der Waals surface area contributed by atoms with Gasteiger partial charge < -0.3 is 14.6 Å². The highest BCUT2D eigenvalue weighted by Gasteiger charge is 2.43. The number of allylic oxidation sites excluding steroid dienone is 3. The highest BCUT2D eigenvalue weighted by atomic mass is 16.6. The van der Waals surface area contributed by atoms with Gasteiger partial charge in [0.15, 0.2) is 0 Å². The SMILES string of the molecule is [2H][13C]([2H])([2H])C(C)(CC)C(=O)O[C@H]1C[C@H](C)C=C2C=C[C@@H](C)[C@@H](CC[C@H]3C[C@@H](O)CC(=O)O3)C21. The molecule has 1 fully saturated rings. The third kappa shape index (κ3) is 5.16. The topological polar surface area (TPSA) is 72.8 Å². The molecule has 0 aromatic carbocycles. The molecule has 1 saturated heterocycles. The van der Waals surface area contributed by atoms with Crippen LogP contribution in [0.1, 0.15) is 77.2 Å². The van der Waals surface area contributed by atoms with Crippen molar-refractivity contribution in [3.8, 4) is 0 Å². The molecule has 5 heteroatoms. The van der Waals surface area contributed by atoms with E-state index in [9.17, 15) is 14.7 Å². The Kier molecular flexibility index (Phi) is 5.89. The number of hydrogen-bond acceptors (Lipinski definition) is 5. The molecule has 0 radical (unpaired) electrons. The second kappa shape index (κ2) is 9.25. The van der Waals surface area contributed by atoms with Crippen molar-refractivity contribution >= 4 is 11.9 Å². The average Bonchev–Trinajstić information content (AvgIpc) is 2.70. The fourth-order valence-electron chi connectivity index (χ4n) is 5.05. The molecule has 1 N–H and O–H groups in total. The summed E-state index contributed by atoms with van der Waals surface area (Å²) >= 11 is 0. The zero-order valence-corrected chi connectivity index (χ0v) is 18.6. The number of rotatable bonds is 6. The summed E-state index contributed by atoms with van der Waals surface area (Å²) in [5.41, 5.74) is -0.419. The molecule has 0 bridgehead atoms. The molecule has 3 aliphatic rings. The molecule has 30 heavy (non-hydrogen) atoms. The van der Waals surface area contributed by atoms with Crippen LogP contribution in [0, 0.1) is 29.1 Å². The normalized spacial score (nSPS) is 40.0. The van der Waals surface area contributed by atoms with Crippen LogP contribution >= 0.6 is 0 Å². The van der Waals surface area contributed by atoms with Crippen molar-refractivity contribution in [1.29, 1.82) is 0 Å². The van der Waals surface area contributed by atoms with Gasteiger partial charge >= 0.3 is 11.9 Å². The monoisotopic (exact) mass is 422 g/mol. The standard InChI is InChI=1S/C25H38O5/c1-6-25(4,5)24(28)30-21-12-15(2)11-17-8-7-16(3)20(23(17)21)10-9-19-13-18(26)14-22(27)29-19/h7-8,11,15-16,18-21,23,26H,6,9-10,12-14H2,1-5H3/t15-,16-,18-,19+,20-,21+,23?/m1/s1/i4+1D3/t15-,16-,18-,19+,20-,21+,23?,25?. The first-order chi connectivity index (χ1) is 15.4. The van der Waals surface area contributed by atoms with E-state index in [1.807, 2.05) is 0 Å². The molecule has 1 heterocycles. The van der Waals surface area contributed by atoms with E-state index in [0.29, 0.717) is 19.3 Å². The largest absolute Gasteiger partial charge is 0.462 e. The number of aliphatic hydroxyl groups excluding tert-OH is 1. The maximum Gasteiger partial charge on any atom is 0.311 e. The summed E-state index contributed by atoms with van der Waals surface area (Å²) in [7, 11) is 0. The molecule has 2 unspecified atom stereocenters. The van der Waals surface area contributed by atoms with Gasteiger partial charge in [0.2, 0.25) is 0 Å². The van der Waals surface area contributed by atoms with Crippen LogP contribution in [0.15, 0.2) is 23.8 Å². The number of cyclic esters (lactones) is 1. The predicted octanol–water partition coefficient (Wildman–Crippen LogP) is 4.59. The third-order valence-corrected chi connectivity index (χ3v) is 7.07. The summed E-state index contributed by atoms with van der Waals surface area (Å²) in [5.74, 6) is -0.461. The van der Waals surface area contributed by atoms with Crippen LogP contribution < -0.4 is 0 Å². The first-order valence-corrected chi connectivity index (χ1v) is 11.3. The van der Waals surface area contributed by atoms with Gasteiger partial charge in [0, 0.05) is 16.5 Å². The number of carbonyl (C=O) groups excluding carboxylic acids is 2. The van der Waals surface area contributed by atoms with Crippen LogP contribution in [0.4, 0.5) is 0 Å². The van der Waals surface area contributed by atoms with Crippen molar-refractivity contribution in [1.82, 2.24) is 0 Å². The van der Waals surface area contributed by atoms with E-state index in [4.69, 9.17) is 13.6 Å². The third-order valence-electron chi connectivity index (χ3n) is 7.07. The molecule has 1 aliphatic heterocycles. The predicted molar refractivity (Wildman–Crippen MR) is 115 cm³/mol. The van der Waals surface area contributed by atoms with Crippen molar-refractivity contribution in [2.24, 2.45) is 29.1 Å². The van der Waals surface area contributed by atoms with Crippen LogP contribution in [0.2, 0.25) is 0 Å². The second-order valence-electron chi connectivity index (χ2n) is 9.70. The maximum atomic E-state index is 13.2. The Morgan fingerprint density at radius 1 is 1.37 bits per heavy atom. The summed E-state index contributed by atoms with van der Waals surface area (Å²) in [4.78, 5) is 24.9. The molecule has 168 valence electrons. The Morgan fingerprint density at radius 2 is 2.13 bits per heavy atom. The number of aliphatic hydroxyl groups is 1. The number of ether oxygens (including phenoxy) is 2. The minimum atomic E-state index is -2.44. The lowest BCUT2D eigenvalue weighted by Crippen LogP contribution is -2.43. The van der Waals surface area contributed by atoms with Crippen molar-refractivity contribution in [2.75, 3.05) is 0 Å². The molecule has 0 spiro atoms. The molecule has 3 rings (SSSR count). The Hall–Kier alpha value is -1.62. The summed E-state index contributed by atoms with van der Waals surface area (Å²) in [6.07, 6.45) is 7.82. The van der Waals surface area contributed by atoms with E-state index in [-0.39, 0.29) is 48.6 Å². The molecule has 8 atom stereocenters. The minimum absolute atomic E-state index is 0.0351. The molecular weight excluding hydrogens is 381 g/mol. The zero-order chi connectivity index (χ0) is 24.6. The lowest BCUT2D eigenvalue weighted by Gasteiger charge is -2.44. The minimum Gasteiger partial charge on any atom is -0.462 e. The smallest absolute Gasteiger partial charge is 0.311 e. The zero-order valence-electron chi connectivity index (χ0n) is 21.6. The van der Waals surface area contributed by atoms with Gasteiger partial charge in [-0.1, -0.05) is 39.0 Å². The number of hydrogen-bond donors (Lipinski definition) is 1. The van der Waals surface area contributed by atoms with Gasteiger partial charge in [-0.05, 0) is 62.8 Å². The van der Waals surface area contributed by atoms with E-state index in [2.05, 4.69) is 32.1 Å². The fourth-order valence-corrected chi connectivity index (χ4v) is 5.05. The number of fused-ring (bicyclic) bond motifs is 1. The quantitative estimate of drug-likeness (QED) is 0.501. The number of carbonyl (C=O) groups is 2. The molecule has 0 aromatic rings. The highest BCUT2D eigenvalue weighted by Crippen LogP contribution is 2.45. The van der Waals surface area contributed by atoms with Crippen molar-refractivity contribution in [3.05, 3.63) is 23.8 Å². The number of esters is 2. The molecular formula is C25H38O5. The summed E-state index contributed by atoms with van der Waals surface area (Å²) in [6, 6.07) is 0. The Labute approximate surface area is 185 Å². The van der Waals surface area contributed by atoms with Crippen molar-refractivity contribution < 1.29 is 28.3 Å². The Balaban J connectivity index is 1.80. The van der Waals surface area contributed by atoms with Gasteiger partial charge in [-0.3, -0.25) is 9.59 Å². The van der Waals surface area contributed by atoms with Crippen LogP contribution in [0.25, 0.3) is 0 Å². The average molecular weight is 423 g/mol. The van der Waals surface area contributed by atoms with E-state index in [1.54, 1.807) is 6.92 Å². The highest BCUT2D eigenvalue weighted by molar-refractivity contribution is 5.76. The van der Waals surface area contributed by atoms with E-state index >= 15 is 0 Å². The lowest BCUT2D eigenvalue weighted by molar-refractivity contribution is -0.166. The molecule has 0 saturated carbocycles. The van der Waals surface area contributed by atoms with Gasteiger partial charge in [-0.15, -0.1) is 0 Å². The van der Waals surface area contributed by atoms with Gasteiger partial charge in [0.05, 0.1) is 17.9 Å². The van der Waals surface area contributed by atoms with Gasteiger partial charge in [-0.2, -0.15) is 0 Å². The first kappa shape index (κ1) is 19.1. The van der Waals surface area contributed by atoms with E-state index < -0.39 is 30.4 Å². The van der Waals surface area contributed by atoms with Crippen LogP contribution in [-0.4, -0.2) is 35.4 Å². The fraction of sp³-hybridized carbons (Fsp3) is 0.760. The van der Waals surface area contributed by atoms with Crippen molar-refractivity contribution in [2.45, 2.75) is 91.4 Å². The van der Waals surface area contributed by atoms with Gasteiger partial charge in [0.1, 0.15) is 12.2 Å². The first-order valence-electron chi connectivity index (χ1n) is 12.8. The Bertz CT molecular complexity index is 804. The van der Waals surface area contributed by atoms with Crippen LogP contribution in [0.3, 0.4) is 0 Å². The lowest BCUT2D eigenvalue weighted by atomic mass is 9.65. The van der Waals surface area contributed by atoms with Gasteiger partial charge in [0.25, 0.3) is 0 Å². The molecule has 0 amide bonds. The summed E-state index contributed by atoms with van der Waals surface area (Å²) in [6.45, 7) is 4.94. The van der Waals surface area contributed by atoms with Crippen molar-refractivity contribution in [3.63, 3.8) is 0 Å². The van der Waals surface area contributed by atoms with E-state index in [1.165, 1.54) is 6.92 Å². The van der Waals surface area contributed by atoms with Gasteiger partial charge in [-0.25, -0.2) is 0 Å². The summed E-state index contributed by atoms with van der Waals surface area (Å²) in [5, 5.41) is 9.94. The van der Waals surface area contributed by atoms with E-state index in [0.717, 1.165) is 12.0 Å². The second-order valence-corrected chi connectivity index (χ2v) is 9.70. The summed E-state index contributed by atoms with van der Waals surface area (Å²) < 4.78 is 35.1. The molecule has 0 aromatic heterocycles. The maximum absolute atomic E-state index is 13.2. The molecule has 5 nitrogen and oxygen atoms in total.